The minimum Gasteiger partial charge on any atom is -0.354 e. The van der Waals surface area contributed by atoms with Crippen LogP contribution in [0.15, 0.2) is 30.3 Å². The maximum Gasteiger partial charge on any atom is 0.230 e. The van der Waals surface area contributed by atoms with E-state index in [4.69, 9.17) is 0 Å². The molecular formula is C15H17NO. The van der Waals surface area contributed by atoms with Crippen LogP contribution in [0, 0.1) is 11.8 Å². The van der Waals surface area contributed by atoms with Crippen molar-refractivity contribution in [2.45, 2.75) is 31.6 Å². The first kappa shape index (κ1) is 11.7. The van der Waals surface area contributed by atoms with Crippen LogP contribution in [0.3, 0.4) is 0 Å². The van der Waals surface area contributed by atoms with E-state index in [0.717, 1.165) is 24.8 Å². The second-order valence-electron chi connectivity index (χ2n) is 4.38. The largest absolute Gasteiger partial charge is 0.354 e. The van der Waals surface area contributed by atoms with Gasteiger partial charge in [0, 0.05) is 13.0 Å². The van der Waals surface area contributed by atoms with E-state index in [2.05, 4.69) is 17.2 Å². The Bertz CT molecular complexity index is 449. The Morgan fingerprint density at radius 3 is 2.65 bits per heavy atom. The molecule has 0 saturated heterocycles. The molecule has 2 heteroatoms. The zero-order chi connectivity index (χ0) is 12.1. The Morgan fingerprint density at radius 2 is 2.06 bits per heavy atom. The normalized spacial score (nSPS) is 15.6. The van der Waals surface area contributed by atoms with Crippen molar-refractivity contribution in [2.24, 2.45) is 0 Å². The van der Waals surface area contributed by atoms with Crippen LogP contribution in [-0.4, -0.2) is 12.5 Å². The van der Waals surface area contributed by atoms with Crippen molar-refractivity contribution >= 4 is 5.91 Å². The molecule has 0 radical (unpaired) electrons. The van der Waals surface area contributed by atoms with Gasteiger partial charge in [-0.25, -0.2) is 0 Å². The molecule has 1 saturated carbocycles. The van der Waals surface area contributed by atoms with E-state index in [0.29, 0.717) is 6.54 Å². The first-order valence-electron chi connectivity index (χ1n) is 6.03. The summed E-state index contributed by atoms with van der Waals surface area (Å²) in [5, 5.41) is 2.98. The van der Waals surface area contributed by atoms with Gasteiger partial charge >= 0.3 is 0 Å². The van der Waals surface area contributed by atoms with Gasteiger partial charge in [0.15, 0.2) is 0 Å². The topological polar surface area (TPSA) is 29.1 Å². The van der Waals surface area contributed by atoms with Crippen molar-refractivity contribution in [3.05, 3.63) is 35.9 Å². The number of amides is 1. The van der Waals surface area contributed by atoms with Crippen LogP contribution in [0.1, 0.15) is 31.7 Å². The van der Waals surface area contributed by atoms with E-state index in [1.54, 1.807) is 0 Å². The first-order valence-corrected chi connectivity index (χ1v) is 6.03. The number of rotatable bonds is 4. The lowest BCUT2D eigenvalue weighted by atomic mass is 9.95. The van der Waals surface area contributed by atoms with Crippen LogP contribution >= 0.6 is 0 Å². The Labute approximate surface area is 102 Å². The van der Waals surface area contributed by atoms with Crippen molar-refractivity contribution < 1.29 is 4.79 Å². The van der Waals surface area contributed by atoms with E-state index in [1.807, 2.05) is 37.3 Å². The average molecular weight is 227 g/mol. The van der Waals surface area contributed by atoms with Gasteiger partial charge in [0.2, 0.25) is 5.91 Å². The third kappa shape index (κ3) is 2.50. The number of carbonyl (C=O) groups is 1. The van der Waals surface area contributed by atoms with Crippen LogP contribution in [0.5, 0.6) is 0 Å². The smallest absolute Gasteiger partial charge is 0.230 e. The summed E-state index contributed by atoms with van der Waals surface area (Å²) >= 11 is 0. The number of nitrogens with one attached hydrogen (secondary N) is 1. The molecule has 1 aromatic rings. The van der Waals surface area contributed by atoms with Crippen molar-refractivity contribution in [3.63, 3.8) is 0 Å². The van der Waals surface area contributed by atoms with Crippen molar-refractivity contribution in [1.29, 1.82) is 0 Å². The highest BCUT2D eigenvalue weighted by Crippen LogP contribution is 2.48. The number of carbonyl (C=O) groups excluding carboxylic acids is 1. The van der Waals surface area contributed by atoms with Crippen molar-refractivity contribution in [3.8, 4) is 11.8 Å². The molecule has 1 N–H and O–H groups in total. The van der Waals surface area contributed by atoms with Gasteiger partial charge in [0.25, 0.3) is 0 Å². The molecule has 2 rings (SSSR count). The Morgan fingerprint density at radius 1 is 1.35 bits per heavy atom. The van der Waals surface area contributed by atoms with E-state index >= 15 is 0 Å². The second-order valence-corrected chi connectivity index (χ2v) is 4.38. The Balaban J connectivity index is 1.97. The Kier molecular flexibility index (Phi) is 3.49. The number of benzene rings is 1. The molecule has 1 aliphatic carbocycles. The molecule has 0 atom stereocenters. The second kappa shape index (κ2) is 5.05. The quantitative estimate of drug-likeness (QED) is 0.620. The lowest BCUT2D eigenvalue weighted by Crippen LogP contribution is -2.35. The van der Waals surface area contributed by atoms with Gasteiger partial charge in [-0.1, -0.05) is 30.3 Å². The summed E-state index contributed by atoms with van der Waals surface area (Å²) < 4.78 is 0. The van der Waals surface area contributed by atoms with Gasteiger partial charge in [0.05, 0.1) is 5.41 Å². The molecule has 0 heterocycles. The minimum absolute atomic E-state index is 0.154. The van der Waals surface area contributed by atoms with Gasteiger partial charge in [-0.05, 0) is 25.3 Å². The van der Waals surface area contributed by atoms with Crippen molar-refractivity contribution in [2.75, 3.05) is 6.54 Å². The fourth-order valence-electron chi connectivity index (χ4n) is 2.06. The predicted octanol–water partition coefficient (Wildman–Crippen LogP) is 2.25. The number of hydrogen-bond acceptors (Lipinski definition) is 1. The van der Waals surface area contributed by atoms with Crippen LogP contribution in [0.4, 0.5) is 0 Å². The zero-order valence-corrected chi connectivity index (χ0v) is 10.1. The third-order valence-corrected chi connectivity index (χ3v) is 3.22. The van der Waals surface area contributed by atoms with Crippen LogP contribution < -0.4 is 5.32 Å². The van der Waals surface area contributed by atoms with Gasteiger partial charge < -0.3 is 5.32 Å². The third-order valence-electron chi connectivity index (χ3n) is 3.22. The fourth-order valence-corrected chi connectivity index (χ4v) is 2.06. The summed E-state index contributed by atoms with van der Waals surface area (Å²) in [6.07, 6.45) is 2.65. The maximum absolute atomic E-state index is 12.1. The highest BCUT2D eigenvalue weighted by molar-refractivity contribution is 5.91. The predicted molar refractivity (Wildman–Crippen MR) is 68.4 cm³/mol. The highest BCUT2D eigenvalue weighted by atomic mass is 16.2. The summed E-state index contributed by atoms with van der Waals surface area (Å²) in [7, 11) is 0. The molecule has 1 amide bonds. The summed E-state index contributed by atoms with van der Waals surface area (Å²) in [4.78, 5) is 12.1. The summed E-state index contributed by atoms with van der Waals surface area (Å²) in [5.41, 5.74) is 0.889. The molecule has 0 aliphatic heterocycles. The molecule has 88 valence electrons. The van der Waals surface area contributed by atoms with E-state index in [9.17, 15) is 4.79 Å². The fraction of sp³-hybridized carbons (Fsp3) is 0.400. The SMILES string of the molecule is CC#CCCNC(=O)C1(c2ccccc2)CC1. The molecule has 1 fully saturated rings. The van der Waals surface area contributed by atoms with E-state index in [1.165, 1.54) is 0 Å². The molecule has 0 spiro atoms. The maximum atomic E-state index is 12.1. The number of hydrogen-bond donors (Lipinski definition) is 1. The first-order chi connectivity index (χ1) is 8.29. The average Bonchev–Trinajstić information content (AvgIpc) is 3.17. The lowest BCUT2D eigenvalue weighted by Gasteiger charge is -2.15. The van der Waals surface area contributed by atoms with Gasteiger partial charge in [0.1, 0.15) is 0 Å². The molecule has 1 aromatic carbocycles. The molecule has 0 bridgehead atoms. The summed E-state index contributed by atoms with van der Waals surface area (Å²) in [6, 6.07) is 10.0. The molecule has 0 aromatic heterocycles. The summed E-state index contributed by atoms with van der Waals surface area (Å²) in [5.74, 6) is 5.93. The van der Waals surface area contributed by atoms with Crippen LogP contribution in [0.2, 0.25) is 0 Å². The molecular weight excluding hydrogens is 210 g/mol. The summed E-state index contributed by atoms with van der Waals surface area (Å²) in [6.45, 7) is 2.46. The van der Waals surface area contributed by atoms with Gasteiger partial charge in [-0.3, -0.25) is 4.79 Å². The lowest BCUT2D eigenvalue weighted by molar-refractivity contribution is -0.123. The van der Waals surface area contributed by atoms with Crippen LogP contribution in [0.25, 0.3) is 0 Å². The molecule has 0 unspecified atom stereocenters. The zero-order valence-electron chi connectivity index (χ0n) is 10.1. The molecule has 17 heavy (non-hydrogen) atoms. The van der Waals surface area contributed by atoms with E-state index < -0.39 is 0 Å². The molecule has 1 aliphatic rings. The van der Waals surface area contributed by atoms with Gasteiger partial charge in [-0.15, -0.1) is 11.8 Å². The monoisotopic (exact) mass is 227 g/mol. The highest BCUT2D eigenvalue weighted by Gasteiger charge is 2.50. The molecule has 2 nitrogen and oxygen atoms in total. The van der Waals surface area contributed by atoms with Crippen LogP contribution in [-0.2, 0) is 10.2 Å². The van der Waals surface area contributed by atoms with E-state index in [-0.39, 0.29) is 11.3 Å². The van der Waals surface area contributed by atoms with Crippen molar-refractivity contribution in [1.82, 2.24) is 5.32 Å². The minimum atomic E-state index is -0.249. The van der Waals surface area contributed by atoms with Gasteiger partial charge in [-0.2, -0.15) is 0 Å². The Hall–Kier alpha value is -1.75. The standard InChI is InChI=1S/C15H17NO/c1-2-3-7-12-16-14(17)15(10-11-15)13-8-5-4-6-9-13/h4-6,8-9H,7,10-12H2,1H3,(H,16,17).